The van der Waals surface area contributed by atoms with Crippen LogP contribution < -0.4 is 5.32 Å². The van der Waals surface area contributed by atoms with E-state index >= 15 is 0 Å². The largest absolute Gasteiger partial charge is 0.350 e. The lowest BCUT2D eigenvalue weighted by molar-refractivity contribution is -0.116. The monoisotopic (exact) mass is 243 g/mol. The number of amides is 1. The Kier molecular flexibility index (Phi) is 3.55. The second-order valence-electron chi connectivity index (χ2n) is 5.99. The SMILES string of the molecule is CC(C)(C)c1ccc(/C=C/C(=O)NC2CC2)cc1. The summed E-state index contributed by atoms with van der Waals surface area (Å²) in [5.41, 5.74) is 2.54. The zero-order chi connectivity index (χ0) is 13.2. The van der Waals surface area contributed by atoms with Crippen molar-refractivity contribution < 1.29 is 4.79 Å². The summed E-state index contributed by atoms with van der Waals surface area (Å²) in [4.78, 5) is 11.5. The normalized spacial score (nSPS) is 15.9. The number of carbonyl (C=O) groups excluding carboxylic acids is 1. The Bertz CT molecular complexity index is 447. The first-order valence-corrected chi connectivity index (χ1v) is 6.54. The van der Waals surface area contributed by atoms with Gasteiger partial charge in [0.25, 0.3) is 0 Å². The van der Waals surface area contributed by atoms with Gasteiger partial charge in [0.15, 0.2) is 0 Å². The van der Waals surface area contributed by atoms with Crippen molar-refractivity contribution in [2.45, 2.75) is 45.1 Å². The van der Waals surface area contributed by atoms with Gasteiger partial charge >= 0.3 is 0 Å². The molecule has 96 valence electrons. The van der Waals surface area contributed by atoms with E-state index in [0.717, 1.165) is 18.4 Å². The van der Waals surface area contributed by atoms with E-state index in [4.69, 9.17) is 0 Å². The Balaban J connectivity index is 1.96. The molecule has 1 aliphatic carbocycles. The molecule has 0 saturated heterocycles. The molecule has 1 N–H and O–H groups in total. The molecule has 0 spiro atoms. The number of nitrogens with one attached hydrogen (secondary N) is 1. The highest BCUT2D eigenvalue weighted by atomic mass is 16.1. The molecule has 0 radical (unpaired) electrons. The number of benzene rings is 1. The minimum Gasteiger partial charge on any atom is -0.350 e. The molecule has 1 fully saturated rings. The van der Waals surface area contributed by atoms with E-state index in [1.165, 1.54) is 5.56 Å². The highest BCUT2D eigenvalue weighted by Crippen LogP contribution is 2.22. The van der Waals surface area contributed by atoms with Crippen molar-refractivity contribution in [3.05, 3.63) is 41.5 Å². The minimum absolute atomic E-state index is 0.0115. The van der Waals surface area contributed by atoms with Crippen molar-refractivity contribution in [2.75, 3.05) is 0 Å². The maximum atomic E-state index is 11.5. The van der Waals surface area contributed by atoms with Gasteiger partial charge in [0.1, 0.15) is 0 Å². The lowest BCUT2D eigenvalue weighted by Gasteiger charge is -2.18. The van der Waals surface area contributed by atoms with E-state index in [1.54, 1.807) is 6.08 Å². The molecule has 1 aromatic carbocycles. The van der Waals surface area contributed by atoms with Crippen molar-refractivity contribution in [1.29, 1.82) is 0 Å². The quantitative estimate of drug-likeness (QED) is 0.811. The molecule has 0 unspecified atom stereocenters. The van der Waals surface area contributed by atoms with Crippen LogP contribution in [0.25, 0.3) is 6.08 Å². The molecule has 2 heteroatoms. The zero-order valence-corrected chi connectivity index (χ0v) is 11.4. The van der Waals surface area contributed by atoms with Crippen LogP contribution in [0.4, 0.5) is 0 Å². The summed E-state index contributed by atoms with van der Waals surface area (Å²) in [7, 11) is 0. The van der Waals surface area contributed by atoms with Crippen molar-refractivity contribution in [2.24, 2.45) is 0 Å². The fourth-order valence-electron chi connectivity index (χ4n) is 1.74. The summed E-state index contributed by atoms with van der Waals surface area (Å²) in [5, 5.41) is 2.93. The molecule has 0 bridgehead atoms. The Morgan fingerprint density at radius 3 is 2.33 bits per heavy atom. The highest BCUT2D eigenvalue weighted by molar-refractivity contribution is 5.92. The number of rotatable bonds is 3. The van der Waals surface area contributed by atoms with Crippen LogP contribution in [0.5, 0.6) is 0 Å². The standard InChI is InChI=1S/C16H21NO/c1-16(2,3)13-7-4-12(5-8-13)6-11-15(18)17-14-9-10-14/h4-8,11,14H,9-10H2,1-3H3,(H,17,18)/b11-6+. The number of hydrogen-bond acceptors (Lipinski definition) is 1. The summed E-state index contributed by atoms with van der Waals surface area (Å²) < 4.78 is 0. The molecule has 0 aromatic heterocycles. The van der Waals surface area contributed by atoms with Gasteiger partial charge in [0.2, 0.25) is 5.91 Å². The lowest BCUT2D eigenvalue weighted by Crippen LogP contribution is -2.22. The number of hydrogen-bond donors (Lipinski definition) is 1. The maximum absolute atomic E-state index is 11.5. The average Bonchev–Trinajstić information content (AvgIpc) is 3.10. The van der Waals surface area contributed by atoms with Gasteiger partial charge in [-0.05, 0) is 35.5 Å². The Morgan fingerprint density at radius 2 is 1.83 bits per heavy atom. The fraction of sp³-hybridized carbons (Fsp3) is 0.438. The van der Waals surface area contributed by atoms with Crippen LogP contribution in [0, 0.1) is 0 Å². The van der Waals surface area contributed by atoms with E-state index in [-0.39, 0.29) is 11.3 Å². The van der Waals surface area contributed by atoms with Crippen molar-refractivity contribution in [3.63, 3.8) is 0 Å². The summed E-state index contributed by atoms with van der Waals surface area (Å²) in [6.45, 7) is 6.59. The van der Waals surface area contributed by atoms with Gasteiger partial charge in [0, 0.05) is 12.1 Å². The van der Waals surface area contributed by atoms with E-state index in [0.29, 0.717) is 6.04 Å². The molecule has 1 aliphatic rings. The summed E-state index contributed by atoms with van der Waals surface area (Å²) in [6.07, 6.45) is 5.73. The predicted octanol–water partition coefficient (Wildman–Crippen LogP) is 3.28. The van der Waals surface area contributed by atoms with E-state index in [1.807, 2.05) is 6.08 Å². The predicted molar refractivity (Wildman–Crippen MR) is 75.3 cm³/mol. The van der Waals surface area contributed by atoms with E-state index in [9.17, 15) is 4.79 Å². The smallest absolute Gasteiger partial charge is 0.244 e. The van der Waals surface area contributed by atoms with Gasteiger partial charge in [0.05, 0.1) is 0 Å². The summed E-state index contributed by atoms with van der Waals surface area (Å²) >= 11 is 0. The third kappa shape index (κ3) is 3.73. The van der Waals surface area contributed by atoms with Gasteiger partial charge in [-0.1, -0.05) is 45.0 Å². The minimum atomic E-state index is 0.0115. The first kappa shape index (κ1) is 12.9. The molecule has 1 aromatic rings. The molecule has 1 amide bonds. The van der Waals surface area contributed by atoms with Crippen LogP contribution in [-0.4, -0.2) is 11.9 Å². The number of carbonyl (C=O) groups is 1. The zero-order valence-electron chi connectivity index (χ0n) is 11.4. The van der Waals surface area contributed by atoms with Crippen molar-refractivity contribution in [1.82, 2.24) is 5.32 Å². The molecule has 2 nitrogen and oxygen atoms in total. The van der Waals surface area contributed by atoms with Gasteiger partial charge in [-0.3, -0.25) is 4.79 Å². The van der Waals surface area contributed by atoms with Gasteiger partial charge in [-0.25, -0.2) is 0 Å². The van der Waals surface area contributed by atoms with E-state index < -0.39 is 0 Å². The first-order chi connectivity index (χ1) is 8.45. The molecular formula is C16H21NO. The molecule has 0 atom stereocenters. The third-order valence-electron chi connectivity index (χ3n) is 3.13. The van der Waals surface area contributed by atoms with Crippen LogP contribution in [-0.2, 0) is 10.2 Å². The topological polar surface area (TPSA) is 29.1 Å². The lowest BCUT2D eigenvalue weighted by atomic mass is 9.87. The van der Waals surface area contributed by atoms with Gasteiger partial charge in [-0.15, -0.1) is 0 Å². The second kappa shape index (κ2) is 4.97. The first-order valence-electron chi connectivity index (χ1n) is 6.54. The summed E-state index contributed by atoms with van der Waals surface area (Å²) in [5.74, 6) is 0.0115. The second-order valence-corrected chi connectivity index (χ2v) is 5.99. The van der Waals surface area contributed by atoms with E-state index in [2.05, 4.69) is 50.4 Å². The van der Waals surface area contributed by atoms with Crippen LogP contribution in [0.2, 0.25) is 0 Å². The molecule has 18 heavy (non-hydrogen) atoms. The van der Waals surface area contributed by atoms with Crippen LogP contribution in [0.15, 0.2) is 30.3 Å². The Morgan fingerprint density at radius 1 is 1.22 bits per heavy atom. The van der Waals surface area contributed by atoms with Crippen LogP contribution >= 0.6 is 0 Å². The average molecular weight is 243 g/mol. The molecule has 2 rings (SSSR count). The molecular weight excluding hydrogens is 222 g/mol. The maximum Gasteiger partial charge on any atom is 0.244 e. The third-order valence-corrected chi connectivity index (χ3v) is 3.13. The molecule has 0 aliphatic heterocycles. The van der Waals surface area contributed by atoms with Gasteiger partial charge in [-0.2, -0.15) is 0 Å². The fourth-order valence-corrected chi connectivity index (χ4v) is 1.74. The molecule has 1 saturated carbocycles. The van der Waals surface area contributed by atoms with Crippen molar-refractivity contribution in [3.8, 4) is 0 Å². The molecule has 0 heterocycles. The van der Waals surface area contributed by atoms with Gasteiger partial charge < -0.3 is 5.32 Å². The van der Waals surface area contributed by atoms with Crippen LogP contribution in [0.1, 0.15) is 44.7 Å². The Labute approximate surface area is 109 Å². The highest BCUT2D eigenvalue weighted by Gasteiger charge is 2.22. The van der Waals surface area contributed by atoms with Crippen LogP contribution in [0.3, 0.4) is 0 Å². The van der Waals surface area contributed by atoms with Crippen molar-refractivity contribution >= 4 is 12.0 Å². The Hall–Kier alpha value is -1.57. The summed E-state index contributed by atoms with van der Waals surface area (Å²) in [6, 6.07) is 8.78.